The van der Waals surface area contributed by atoms with Gasteiger partial charge in [-0.25, -0.2) is 0 Å². The molecule has 0 spiro atoms. The summed E-state index contributed by atoms with van der Waals surface area (Å²) in [6.45, 7) is 4.97. The van der Waals surface area contributed by atoms with Crippen LogP contribution in [0.1, 0.15) is 22.3 Å². The van der Waals surface area contributed by atoms with Crippen LogP contribution in [0.4, 0.5) is 0 Å². The van der Waals surface area contributed by atoms with Crippen molar-refractivity contribution in [3.63, 3.8) is 0 Å². The van der Waals surface area contributed by atoms with Gasteiger partial charge in [-0.15, -0.1) is 0 Å². The normalized spacial score (nSPS) is 18.3. The summed E-state index contributed by atoms with van der Waals surface area (Å²) < 4.78 is 7.34. The highest BCUT2D eigenvalue weighted by molar-refractivity contribution is 6.85. The highest BCUT2D eigenvalue weighted by Gasteiger charge is 2.74. The van der Waals surface area contributed by atoms with Crippen LogP contribution in [0.5, 0.6) is 0 Å². The molecule has 1 saturated heterocycles. The van der Waals surface area contributed by atoms with Crippen molar-refractivity contribution >= 4 is 8.07 Å². The number of hydrogen-bond acceptors (Lipinski definition) is 1. The predicted octanol–water partition coefficient (Wildman–Crippen LogP) is 6.69. The Morgan fingerprint density at radius 3 is 0.867 bits per heavy atom. The molecule has 1 aliphatic rings. The number of ether oxygens (including phenoxy) is 1. The molecule has 0 N–H and O–H groups in total. The molecule has 1 nitrogen and oxygen atoms in total. The number of hydrogen-bond donors (Lipinski definition) is 0. The minimum atomic E-state index is -2.20. The topological polar surface area (TPSA) is 9.23 Å². The van der Waals surface area contributed by atoms with Gasteiger partial charge in [-0.2, -0.15) is 0 Å². The molecule has 0 aromatic heterocycles. The second-order valence-electron chi connectivity index (χ2n) is 8.55. The summed E-state index contributed by atoms with van der Waals surface area (Å²) in [6.07, 6.45) is 0. The van der Waals surface area contributed by atoms with Crippen molar-refractivity contribution in [3.8, 4) is 0 Å². The Morgan fingerprint density at radius 1 is 0.433 bits per heavy atom. The summed E-state index contributed by atoms with van der Waals surface area (Å²) in [4.78, 5) is 0. The van der Waals surface area contributed by atoms with Gasteiger partial charge >= 0.3 is 0 Å². The van der Waals surface area contributed by atoms with Crippen LogP contribution in [-0.4, -0.2) is 8.07 Å². The first-order chi connectivity index (χ1) is 14.6. The van der Waals surface area contributed by atoms with E-state index in [1.165, 1.54) is 22.3 Å². The minimum absolute atomic E-state index is 0.415. The van der Waals surface area contributed by atoms with Crippen LogP contribution >= 0.6 is 0 Å². The van der Waals surface area contributed by atoms with Crippen molar-refractivity contribution in [3.05, 3.63) is 144 Å². The maximum atomic E-state index is 7.34. The fourth-order valence-electron chi connectivity index (χ4n) is 5.39. The molecule has 0 radical (unpaired) electrons. The van der Waals surface area contributed by atoms with Gasteiger partial charge in [0.25, 0.3) is 0 Å². The number of rotatable bonds is 4. The largest absolute Gasteiger partial charge is 0.357 e. The summed E-state index contributed by atoms with van der Waals surface area (Å²) in [7, 11) is -2.20. The summed E-state index contributed by atoms with van der Waals surface area (Å²) in [5, 5.41) is -0.831. The Kier molecular flexibility index (Phi) is 4.50. The van der Waals surface area contributed by atoms with Crippen molar-refractivity contribution < 1.29 is 4.74 Å². The van der Waals surface area contributed by atoms with E-state index in [-0.39, 0.29) is 0 Å². The zero-order chi connectivity index (χ0) is 20.7. The molecule has 0 saturated carbocycles. The van der Waals surface area contributed by atoms with Gasteiger partial charge < -0.3 is 4.74 Å². The van der Waals surface area contributed by atoms with Crippen LogP contribution in [0, 0.1) is 0 Å². The van der Waals surface area contributed by atoms with Gasteiger partial charge in [0.15, 0.2) is 0 Å². The Hall–Kier alpha value is -2.94. The van der Waals surface area contributed by atoms with Crippen LogP contribution < -0.4 is 0 Å². The average molecular weight is 407 g/mol. The van der Waals surface area contributed by atoms with Crippen molar-refractivity contribution in [2.75, 3.05) is 0 Å². The highest BCUT2D eigenvalue weighted by atomic mass is 28.3. The third-order valence-corrected chi connectivity index (χ3v) is 11.7. The molecule has 0 bridgehead atoms. The Morgan fingerprint density at radius 2 is 0.667 bits per heavy atom. The smallest absolute Gasteiger partial charge is 0.145 e. The van der Waals surface area contributed by atoms with E-state index in [4.69, 9.17) is 4.74 Å². The molecule has 1 heterocycles. The maximum absolute atomic E-state index is 7.34. The first-order valence-corrected chi connectivity index (χ1v) is 13.6. The third-order valence-electron chi connectivity index (χ3n) is 6.79. The summed E-state index contributed by atoms with van der Waals surface area (Å²) >= 11 is 0. The Bertz CT molecular complexity index is 952. The first-order valence-electron chi connectivity index (χ1n) is 10.6. The lowest BCUT2D eigenvalue weighted by molar-refractivity contribution is -0.109. The molecule has 0 atom stereocenters. The first kappa shape index (κ1) is 19.0. The van der Waals surface area contributed by atoms with E-state index in [0.717, 1.165) is 0 Å². The van der Waals surface area contributed by atoms with Crippen molar-refractivity contribution in [1.29, 1.82) is 0 Å². The minimum Gasteiger partial charge on any atom is -0.357 e. The average Bonchev–Trinajstić information content (AvgIpc) is 2.81. The molecular weight excluding hydrogens is 380 g/mol. The lowest BCUT2D eigenvalue weighted by atomic mass is 9.94. The molecular formula is C28H26OSi. The van der Waals surface area contributed by atoms with E-state index in [1.807, 2.05) is 0 Å². The fraction of sp³-hybridized carbons (Fsp3) is 0.143. The zero-order valence-electron chi connectivity index (χ0n) is 17.5. The van der Waals surface area contributed by atoms with Gasteiger partial charge in [0.2, 0.25) is 0 Å². The number of benzene rings is 4. The molecule has 2 heteroatoms. The Balaban J connectivity index is 1.79. The van der Waals surface area contributed by atoms with Crippen LogP contribution in [0.25, 0.3) is 0 Å². The van der Waals surface area contributed by atoms with Crippen LogP contribution in [0.2, 0.25) is 13.1 Å². The lowest BCUT2D eigenvalue weighted by Crippen LogP contribution is -2.79. The van der Waals surface area contributed by atoms with Crippen molar-refractivity contribution in [1.82, 2.24) is 0 Å². The zero-order valence-corrected chi connectivity index (χ0v) is 18.5. The van der Waals surface area contributed by atoms with Crippen LogP contribution in [-0.2, 0) is 15.2 Å². The molecule has 4 aromatic carbocycles. The standard InChI is InChI=1S/C28H26OSi/c1-30(2)27(23-15-7-3-8-16-23,24-17-9-4-10-18-24)29-28(30,25-19-11-5-12-20-25)26-21-13-6-14-22-26/h3-22H,1-2H3. The van der Waals surface area contributed by atoms with E-state index in [9.17, 15) is 0 Å². The molecule has 5 rings (SSSR count). The monoisotopic (exact) mass is 406 g/mol. The summed E-state index contributed by atoms with van der Waals surface area (Å²) in [6, 6.07) is 43.1. The molecule has 4 aromatic rings. The summed E-state index contributed by atoms with van der Waals surface area (Å²) in [5.74, 6) is 0. The van der Waals surface area contributed by atoms with Crippen molar-refractivity contribution in [2.24, 2.45) is 0 Å². The van der Waals surface area contributed by atoms with Gasteiger partial charge in [0.05, 0.1) is 0 Å². The van der Waals surface area contributed by atoms with Crippen molar-refractivity contribution in [2.45, 2.75) is 23.5 Å². The molecule has 30 heavy (non-hydrogen) atoms. The molecule has 1 aliphatic heterocycles. The molecule has 0 aliphatic carbocycles. The van der Waals surface area contributed by atoms with E-state index in [0.29, 0.717) is 0 Å². The lowest BCUT2D eigenvalue weighted by Gasteiger charge is -2.68. The van der Waals surface area contributed by atoms with Crippen LogP contribution in [0.3, 0.4) is 0 Å². The van der Waals surface area contributed by atoms with Gasteiger partial charge in [-0.1, -0.05) is 134 Å². The fourth-order valence-corrected chi connectivity index (χ4v) is 10.1. The van der Waals surface area contributed by atoms with Gasteiger partial charge in [-0.05, 0) is 22.3 Å². The summed E-state index contributed by atoms with van der Waals surface area (Å²) in [5.41, 5.74) is 4.98. The van der Waals surface area contributed by atoms with E-state index in [2.05, 4.69) is 134 Å². The second-order valence-corrected chi connectivity index (χ2v) is 13.2. The molecule has 0 unspecified atom stereocenters. The third kappa shape index (κ3) is 2.44. The highest BCUT2D eigenvalue weighted by Crippen LogP contribution is 2.64. The van der Waals surface area contributed by atoms with E-state index >= 15 is 0 Å². The predicted molar refractivity (Wildman–Crippen MR) is 126 cm³/mol. The molecule has 0 amide bonds. The van der Waals surface area contributed by atoms with Gasteiger partial charge in [0, 0.05) is 0 Å². The van der Waals surface area contributed by atoms with Crippen LogP contribution in [0.15, 0.2) is 121 Å². The van der Waals surface area contributed by atoms with Gasteiger partial charge in [-0.3, -0.25) is 0 Å². The Labute approximate surface area is 180 Å². The quantitative estimate of drug-likeness (QED) is 0.343. The SMILES string of the molecule is C[Si]1(C)C(c2ccccc2)(c2ccccc2)OC1(c1ccccc1)c1ccccc1. The molecule has 1 fully saturated rings. The van der Waals surface area contributed by atoms with Gasteiger partial charge in [0.1, 0.15) is 18.5 Å². The second kappa shape index (κ2) is 7.08. The van der Waals surface area contributed by atoms with E-state index < -0.39 is 18.5 Å². The van der Waals surface area contributed by atoms with E-state index in [1.54, 1.807) is 0 Å². The molecule has 148 valence electrons. The maximum Gasteiger partial charge on any atom is 0.145 e.